The number of phenols is 1. The van der Waals surface area contributed by atoms with Crippen LogP contribution < -0.4 is 14.2 Å². The number of ether oxygens (including phenoxy) is 3. The number of alkyl halides is 2. The first-order valence-corrected chi connectivity index (χ1v) is 17.9. The van der Waals surface area contributed by atoms with Gasteiger partial charge in [-0.3, -0.25) is 0 Å². The van der Waals surface area contributed by atoms with Crippen molar-refractivity contribution in [3.8, 4) is 45.3 Å². The van der Waals surface area contributed by atoms with Gasteiger partial charge >= 0.3 is 0 Å². The Morgan fingerprint density at radius 2 is 0.925 bits per heavy atom. The third-order valence-corrected chi connectivity index (χ3v) is 8.78. The molecule has 53 heavy (non-hydrogen) atoms. The third-order valence-electron chi connectivity index (χ3n) is 8.78. The molecule has 0 amide bonds. The van der Waals surface area contributed by atoms with Crippen molar-refractivity contribution in [1.82, 2.24) is 0 Å². The van der Waals surface area contributed by atoms with E-state index in [0.29, 0.717) is 45.1 Å². The van der Waals surface area contributed by atoms with Gasteiger partial charge in [0.2, 0.25) is 17.6 Å². The van der Waals surface area contributed by atoms with Crippen LogP contribution in [0.2, 0.25) is 0 Å². The Morgan fingerprint density at radius 3 is 1.42 bits per heavy atom. The smallest absolute Gasteiger partial charge is 0.248 e. The molecule has 0 saturated carbocycles. The Kier molecular flexibility index (Phi) is 15.7. The van der Waals surface area contributed by atoms with E-state index in [2.05, 4.69) is 0 Å². The first-order chi connectivity index (χ1) is 25.4. The van der Waals surface area contributed by atoms with Crippen LogP contribution in [0.25, 0.3) is 22.3 Å². The molecule has 4 aromatic rings. The molecule has 288 valence electrons. The minimum Gasteiger partial charge on any atom is -0.505 e. The zero-order valence-electron chi connectivity index (χ0n) is 29.6. The molecule has 0 saturated heterocycles. The van der Waals surface area contributed by atoms with Crippen LogP contribution >= 0.6 is 0 Å². The molecule has 0 atom stereocenters. The maximum absolute atomic E-state index is 14.7. The molecule has 4 aromatic carbocycles. The molecule has 4 rings (SSSR count). The van der Waals surface area contributed by atoms with Gasteiger partial charge in [0.25, 0.3) is 0 Å². The van der Waals surface area contributed by atoms with Gasteiger partial charge in [-0.2, -0.15) is 8.78 Å². The van der Waals surface area contributed by atoms with Gasteiger partial charge in [0.1, 0.15) is 23.1 Å². The molecule has 0 aromatic heterocycles. The fraction of sp³-hybridized carbons (Fsp3) is 0.415. The summed E-state index contributed by atoms with van der Waals surface area (Å²) in [5.41, 5.74) is -0.825. The lowest BCUT2D eigenvalue weighted by Gasteiger charge is -2.16. The van der Waals surface area contributed by atoms with Crippen molar-refractivity contribution in [3.63, 3.8) is 0 Å². The van der Waals surface area contributed by atoms with E-state index in [1.807, 2.05) is 0 Å². The molecule has 0 radical (unpaired) electrons. The first kappa shape index (κ1) is 41.3. The number of halogens is 8. The standard InChI is InChI=1S/C41H44F8O4/c1-2-51-36-20-18-32(38(45)40(36)47)30-16-14-28(26-34(30)43)53-24-12-8-4-6-10-22-41(48,49)21-9-5-3-7-11-23-52-27-13-15-29(33(42)25-27)31-17-19-35(50)39(46)37(31)44/h13-20,25-26,50H,2-12,21-24H2,1H3. The van der Waals surface area contributed by atoms with E-state index in [-0.39, 0.29) is 65.6 Å². The number of unbranched alkanes of at least 4 members (excludes halogenated alkanes) is 8. The number of phenolic OH excluding ortho intramolecular Hbond substituents is 1. The van der Waals surface area contributed by atoms with Gasteiger partial charge in [0, 0.05) is 47.2 Å². The highest BCUT2D eigenvalue weighted by molar-refractivity contribution is 5.67. The molecular weight excluding hydrogens is 708 g/mol. The monoisotopic (exact) mass is 752 g/mol. The highest BCUT2D eigenvalue weighted by Crippen LogP contribution is 2.34. The fourth-order valence-corrected chi connectivity index (χ4v) is 5.90. The maximum atomic E-state index is 14.7. The van der Waals surface area contributed by atoms with Crippen LogP contribution in [0.5, 0.6) is 23.0 Å². The van der Waals surface area contributed by atoms with Gasteiger partial charge in [-0.15, -0.1) is 0 Å². The second-order valence-electron chi connectivity index (χ2n) is 12.8. The number of rotatable bonds is 22. The Labute approximate surface area is 304 Å². The zero-order valence-corrected chi connectivity index (χ0v) is 29.6. The van der Waals surface area contributed by atoms with E-state index < -0.39 is 46.6 Å². The van der Waals surface area contributed by atoms with Gasteiger partial charge in [-0.1, -0.05) is 38.5 Å². The molecule has 12 heteroatoms. The van der Waals surface area contributed by atoms with Crippen LogP contribution in [0.15, 0.2) is 60.7 Å². The summed E-state index contributed by atoms with van der Waals surface area (Å²) >= 11 is 0. The van der Waals surface area contributed by atoms with Crippen LogP contribution in [0.1, 0.15) is 84.0 Å². The summed E-state index contributed by atoms with van der Waals surface area (Å²) < 4.78 is 131. The summed E-state index contributed by atoms with van der Waals surface area (Å²) in [4.78, 5) is 0. The van der Waals surface area contributed by atoms with Crippen LogP contribution in [0, 0.1) is 34.9 Å². The van der Waals surface area contributed by atoms with Crippen molar-refractivity contribution in [2.24, 2.45) is 0 Å². The Bertz CT molecular complexity index is 1780. The normalized spacial score (nSPS) is 11.6. The van der Waals surface area contributed by atoms with E-state index >= 15 is 0 Å². The topological polar surface area (TPSA) is 47.9 Å². The van der Waals surface area contributed by atoms with Crippen LogP contribution in [-0.2, 0) is 0 Å². The number of hydrogen-bond acceptors (Lipinski definition) is 4. The molecule has 1 N–H and O–H groups in total. The lowest BCUT2D eigenvalue weighted by atomic mass is 10.0. The summed E-state index contributed by atoms with van der Waals surface area (Å²) in [7, 11) is 0. The van der Waals surface area contributed by atoms with E-state index in [9.17, 15) is 40.2 Å². The molecule has 0 heterocycles. The lowest BCUT2D eigenvalue weighted by Crippen LogP contribution is -2.15. The van der Waals surface area contributed by atoms with Crippen molar-refractivity contribution < 1.29 is 54.4 Å². The minimum absolute atomic E-state index is 0.106. The quantitative estimate of drug-likeness (QED) is 0.0641. The number of aromatic hydroxyl groups is 1. The highest BCUT2D eigenvalue weighted by atomic mass is 19.3. The summed E-state index contributed by atoms with van der Waals surface area (Å²) in [6, 6.07) is 12.2. The highest BCUT2D eigenvalue weighted by Gasteiger charge is 2.27. The van der Waals surface area contributed by atoms with Gasteiger partial charge in [-0.05, 0) is 81.1 Å². The molecule has 0 unspecified atom stereocenters. The predicted octanol–water partition coefficient (Wildman–Crippen LogP) is 12.7. The Balaban J connectivity index is 1.02. The molecule has 0 aliphatic carbocycles. The molecule has 0 bridgehead atoms. The fourth-order valence-electron chi connectivity index (χ4n) is 5.90. The van der Waals surface area contributed by atoms with Gasteiger partial charge < -0.3 is 19.3 Å². The van der Waals surface area contributed by atoms with Gasteiger partial charge in [0.05, 0.1) is 19.8 Å². The van der Waals surface area contributed by atoms with E-state index in [1.54, 1.807) is 6.92 Å². The van der Waals surface area contributed by atoms with Crippen LogP contribution in [-0.4, -0.2) is 30.8 Å². The summed E-state index contributed by atoms with van der Waals surface area (Å²) in [5, 5.41) is 9.26. The van der Waals surface area contributed by atoms with E-state index in [0.717, 1.165) is 49.9 Å². The van der Waals surface area contributed by atoms with Crippen LogP contribution in [0.3, 0.4) is 0 Å². The minimum atomic E-state index is -2.73. The molecular formula is C41H44F8O4. The molecule has 0 spiro atoms. The Morgan fingerprint density at radius 1 is 0.491 bits per heavy atom. The largest absolute Gasteiger partial charge is 0.505 e. The van der Waals surface area contributed by atoms with Gasteiger partial charge in [-0.25, -0.2) is 26.3 Å². The Hall–Kier alpha value is -4.48. The second kappa shape index (κ2) is 20.1. The molecule has 0 aliphatic heterocycles. The van der Waals surface area contributed by atoms with Crippen LogP contribution in [0.4, 0.5) is 35.1 Å². The SMILES string of the molecule is CCOc1ccc(-c2ccc(OCCCCCCCC(F)(F)CCCCCCCOc3ccc(-c4ccc(O)c(F)c4F)c(F)c3)cc2F)c(F)c1F. The maximum Gasteiger partial charge on any atom is 0.248 e. The molecule has 0 fully saturated rings. The average molecular weight is 753 g/mol. The van der Waals surface area contributed by atoms with Crippen molar-refractivity contribution in [1.29, 1.82) is 0 Å². The zero-order chi connectivity index (χ0) is 38.4. The van der Waals surface area contributed by atoms with Crippen molar-refractivity contribution in [2.45, 2.75) is 89.9 Å². The molecule has 4 nitrogen and oxygen atoms in total. The lowest BCUT2D eigenvalue weighted by molar-refractivity contribution is -0.0207. The van der Waals surface area contributed by atoms with Gasteiger partial charge in [0.15, 0.2) is 23.1 Å². The second-order valence-corrected chi connectivity index (χ2v) is 12.8. The molecule has 0 aliphatic rings. The average Bonchev–Trinajstić information content (AvgIpc) is 3.12. The number of benzene rings is 4. The summed E-state index contributed by atoms with van der Waals surface area (Å²) in [5.74, 6) is -10.1. The predicted molar refractivity (Wildman–Crippen MR) is 188 cm³/mol. The van der Waals surface area contributed by atoms with E-state index in [4.69, 9.17) is 14.2 Å². The summed E-state index contributed by atoms with van der Waals surface area (Å²) in [6.45, 7) is 2.38. The first-order valence-electron chi connectivity index (χ1n) is 17.9. The van der Waals surface area contributed by atoms with Crippen molar-refractivity contribution in [3.05, 3.63) is 95.6 Å². The third kappa shape index (κ3) is 12.0. The number of hydrogen-bond donors (Lipinski definition) is 1. The summed E-state index contributed by atoms with van der Waals surface area (Å²) in [6.07, 6.45) is 6.06. The van der Waals surface area contributed by atoms with Crippen molar-refractivity contribution in [2.75, 3.05) is 19.8 Å². The van der Waals surface area contributed by atoms with Crippen molar-refractivity contribution >= 4 is 0 Å². The van der Waals surface area contributed by atoms with E-state index in [1.165, 1.54) is 36.4 Å².